The standard InChI is InChI=1S/C40H26N4/c1-3-11-28(12-4-1)40-41-25-29(26-42-40)27-19-21-31(22-20-27)44-37-18-10-8-16-33(37)35-23-34-32-15-7-9-17-36(32)43(38(34)24-39(35)44)30-13-5-2-6-14-30/h1-26H. The summed E-state index contributed by atoms with van der Waals surface area (Å²) in [5, 5.41) is 5.01. The lowest BCUT2D eigenvalue weighted by Crippen LogP contribution is -1.96. The number of para-hydroxylation sites is 3. The van der Waals surface area contributed by atoms with E-state index in [9.17, 15) is 0 Å². The first-order chi connectivity index (χ1) is 21.8. The number of hydrogen-bond donors (Lipinski definition) is 0. The molecule has 0 fully saturated rings. The Balaban J connectivity index is 1.22. The Kier molecular flexibility index (Phi) is 5.47. The second-order valence-corrected chi connectivity index (χ2v) is 11.1. The van der Waals surface area contributed by atoms with Gasteiger partial charge in [0.1, 0.15) is 0 Å². The topological polar surface area (TPSA) is 35.6 Å². The van der Waals surface area contributed by atoms with Crippen molar-refractivity contribution in [3.05, 3.63) is 158 Å². The first kappa shape index (κ1) is 24.6. The van der Waals surface area contributed by atoms with E-state index in [0.717, 1.165) is 33.9 Å². The average molecular weight is 563 g/mol. The smallest absolute Gasteiger partial charge is 0.159 e. The molecule has 6 aromatic carbocycles. The fourth-order valence-corrected chi connectivity index (χ4v) is 6.58. The molecule has 0 amide bonds. The van der Waals surface area contributed by atoms with Crippen LogP contribution in [0.15, 0.2) is 158 Å². The largest absolute Gasteiger partial charge is 0.309 e. The molecule has 3 aromatic heterocycles. The lowest BCUT2D eigenvalue weighted by atomic mass is 10.1. The molecule has 9 rings (SSSR count). The van der Waals surface area contributed by atoms with E-state index in [4.69, 9.17) is 0 Å². The quantitative estimate of drug-likeness (QED) is 0.214. The van der Waals surface area contributed by atoms with Gasteiger partial charge in [-0.15, -0.1) is 0 Å². The fourth-order valence-electron chi connectivity index (χ4n) is 6.58. The number of hydrogen-bond acceptors (Lipinski definition) is 2. The third-order valence-corrected chi connectivity index (χ3v) is 8.62. The van der Waals surface area contributed by atoms with Crippen molar-refractivity contribution in [3.63, 3.8) is 0 Å². The number of fused-ring (bicyclic) bond motifs is 6. The zero-order chi connectivity index (χ0) is 29.0. The molecule has 0 spiro atoms. The first-order valence-corrected chi connectivity index (χ1v) is 14.8. The molecule has 9 aromatic rings. The van der Waals surface area contributed by atoms with Crippen molar-refractivity contribution >= 4 is 43.6 Å². The van der Waals surface area contributed by atoms with Crippen molar-refractivity contribution in [1.29, 1.82) is 0 Å². The minimum Gasteiger partial charge on any atom is -0.309 e. The van der Waals surface area contributed by atoms with E-state index >= 15 is 0 Å². The second-order valence-electron chi connectivity index (χ2n) is 11.1. The summed E-state index contributed by atoms with van der Waals surface area (Å²) < 4.78 is 4.77. The normalized spacial score (nSPS) is 11.6. The lowest BCUT2D eigenvalue weighted by Gasteiger charge is -2.11. The zero-order valence-electron chi connectivity index (χ0n) is 23.8. The van der Waals surface area contributed by atoms with Gasteiger partial charge in [0, 0.05) is 56.4 Å². The van der Waals surface area contributed by atoms with E-state index in [1.807, 2.05) is 42.7 Å². The molecule has 0 saturated carbocycles. The van der Waals surface area contributed by atoms with Crippen molar-refractivity contribution in [2.45, 2.75) is 0 Å². The second kappa shape index (κ2) is 9.79. The van der Waals surface area contributed by atoms with Gasteiger partial charge in [0.2, 0.25) is 0 Å². The van der Waals surface area contributed by atoms with Crippen LogP contribution in [0.3, 0.4) is 0 Å². The molecule has 3 heterocycles. The summed E-state index contributed by atoms with van der Waals surface area (Å²) in [6, 6.07) is 51.6. The SMILES string of the molecule is c1ccc(-c2ncc(-c3ccc(-n4c5ccccc5c5cc6c7ccccc7n(-c7ccccc7)c6cc54)cc3)cn2)cc1. The molecule has 0 aliphatic carbocycles. The maximum Gasteiger partial charge on any atom is 0.159 e. The van der Waals surface area contributed by atoms with Crippen LogP contribution < -0.4 is 0 Å². The molecule has 0 radical (unpaired) electrons. The molecule has 0 atom stereocenters. The van der Waals surface area contributed by atoms with Crippen LogP contribution in [0.1, 0.15) is 0 Å². The molecule has 4 nitrogen and oxygen atoms in total. The number of benzene rings is 6. The zero-order valence-corrected chi connectivity index (χ0v) is 23.8. The summed E-state index contributed by atoms with van der Waals surface area (Å²) in [6.07, 6.45) is 3.81. The maximum absolute atomic E-state index is 4.64. The van der Waals surface area contributed by atoms with E-state index in [2.05, 4.69) is 134 Å². The third-order valence-electron chi connectivity index (χ3n) is 8.62. The highest BCUT2D eigenvalue weighted by Crippen LogP contribution is 2.39. The summed E-state index contributed by atoms with van der Waals surface area (Å²) in [6.45, 7) is 0. The lowest BCUT2D eigenvalue weighted by molar-refractivity contribution is 1.16. The van der Waals surface area contributed by atoms with Crippen molar-refractivity contribution in [2.75, 3.05) is 0 Å². The molecular formula is C40H26N4. The van der Waals surface area contributed by atoms with Gasteiger partial charge >= 0.3 is 0 Å². The van der Waals surface area contributed by atoms with Crippen LogP contribution in [0, 0.1) is 0 Å². The molecule has 44 heavy (non-hydrogen) atoms. The summed E-state index contributed by atoms with van der Waals surface area (Å²) in [7, 11) is 0. The van der Waals surface area contributed by atoms with Gasteiger partial charge in [-0.1, -0.05) is 97.1 Å². The van der Waals surface area contributed by atoms with E-state index < -0.39 is 0 Å². The molecule has 4 heteroatoms. The summed E-state index contributed by atoms with van der Waals surface area (Å²) in [4.78, 5) is 9.28. The van der Waals surface area contributed by atoms with Crippen molar-refractivity contribution in [2.24, 2.45) is 0 Å². The Morgan fingerprint density at radius 1 is 0.341 bits per heavy atom. The van der Waals surface area contributed by atoms with Gasteiger partial charge in [-0.2, -0.15) is 0 Å². The Morgan fingerprint density at radius 3 is 1.43 bits per heavy atom. The summed E-state index contributed by atoms with van der Waals surface area (Å²) >= 11 is 0. The van der Waals surface area contributed by atoms with Gasteiger partial charge in [0.05, 0.1) is 22.1 Å². The molecule has 0 unspecified atom stereocenters. The van der Waals surface area contributed by atoms with E-state index in [-0.39, 0.29) is 0 Å². The number of aromatic nitrogens is 4. The summed E-state index contributed by atoms with van der Waals surface area (Å²) in [5.74, 6) is 0.732. The predicted molar refractivity (Wildman–Crippen MR) is 182 cm³/mol. The minimum absolute atomic E-state index is 0.732. The van der Waals surface area contributed by atoms with Crippen LogP contribution in [0.4, 0.5) is 0 Å². The van der Waals surface area contributed by atoms with Crippen LogP contribution in [0.5, 0.6) is 0 Å². The molecule has 0 bridgehead atoms. The minimum atomic E-state index is 0.732. The van der Waals surface area contributed by atoms with Gasteiger partial charge in [0.15, 0.2) is 5.82 Å². The molecule has 0 aliphatic rings. The first-order valence-electron chi connectivity index (χ1n) is 14.8. The van der Waals surface area contributed by atoms with Crippen LogP contribution in [0.2, 0.25) is 0 Å². The van der Waals surface area contributed by atoms with Crippen LogP contribution in [-0.4, -0.2) is 19.1 Å². The van der Waals surface area contributed by atoms with Crippen LogP contribution >= 0.6 is 0 Å². The van der Waals surface area contributed by atoms with E-state index in [0.29, 0.717) is 0 Å². The van der Waals surface area contributed by atoms with Crippen molar-refractivity contribution in [1.82, 2.24) is 19.1 Å². The van der Waals surface area contributed by atoms with Crippen LogP contribution in [-0.2, 0) is 0 Å². The van der Waals surface area contributed by atoms with Gasteiger partial charge in [-0.25, -0.2) is 9.97 Å². The predicted octanol–water partition coefficient (Wildman–Crippen LogP) is 10.0. The molecule has 0 saturated heterocycles. The van der Waals surface area contributed by atoms with E-state index in [1.165, 1.54) is 43.6 Å². The van der Waals surface area contributed by atoms with Gasteiger partial charge in [-0.3, -0.25) is 0 Å². The van der Waals surface area contributed by atoms with Gasteiger partial charge in [-0.05, 0) is 54.1 Å². The molecular weight excluding hydrogens is 536 g/mol. The Morgan fingerprint density at radius 2 is 0.841 bits per heavy atom. The Labute approximate surface area is 254 Å². The monoisotopic (exact) mass is 562 g/mol. The highest BCUT2D eigenvalue weighted by Gasteiger charge is 2.18. The highest BCUT2D eigenvalue weighted by molar-refractivity contribution is 6.19. The van der Waals surface area contributed by atoms with Crippen molar-refractivity contribution in [3.8, 4) is 33.9 Å². The van der Waals surface area contributed by atoms with Crippen molar-refractivity contribution < 1.29 is 0 Å². The Hall–Kier alpha value is -6.00. The molecule has 206 valence electrons. The van der Waals surface area contributed by atoms with Crippen LogP contribution in [0.25, 0.3) is 77.5 Å². The average Bonchev–Trinajstić information content (AvgIpc) is 3.60. The number of rotatable bonds is 4. The van der Waals surface area contributed by atoms with E-state index in [1.54, 1.807) is 0 Å². The molecule has 0 aliphatic heterocycles. The fraction of sp³-hybridized carbons (Fsp3) is 0. The van der Waals surface area contributed by atoms with Gasteiger partial charge in [0.25, 0.3) is 0 Å². The third kappa shape index (κ3) is 3.78. The molecule has 0 N–H and O–H groups in total. The number of nitrogens with zero attached hydrogens (tertiary/aromatic N) is 4. The summed E-state index contributed by atoms with van der Waals surface area (Å²) in [5.41, 5.74) is 10.1. The Bertz CT molecular complexity index is 2450. The maximum atomic E-state index is 4.64. The van der Waals surface area contributed by atoms with Gasteiger partial charge < -0.3 is 9.13 Å². The highest BCUT2D eigenvalue weighted by atomic mass is 15.0.